The molecule has 2 heterocycles. The van der Waals surface area contributed by atoms with Gasteiger partial charge in [0.1, 0.15) is 5.82 Å². The largest absolute Gasteiger partial charge is 0.366 e. The number of halogens is 1. The van der Waals surface area contributed by atoms with Crippen LogP contribution in [-0.4, -0.2) is 37.0 Å². The van der Waals surface area contributed by atoms with E-state index >= 15 is 0 Å². The van der Waals surface area contributed by atoms with E-state index < -0.39 is 0 Å². The number of rotatable bonds is 2. The Labute approximate surface area is 127 Å². The zero-order valence-corrected chi connectivity index (χ0v) is 12.7. The van der Waals surface area contributed by atoms with Gasteiger partial charge in [-0.05, 0) is 25.1 Å². The van der Waals surface area contributed by atoms with E-state index in [1.165, 1.54) is 6.07 Å². The second kappa shape index (κ2) is 5.85. The van der Waals surface area contributed by atoms with Gasteiger partial charge >= 0.3 is 0 Å². The summed E-state index contributed by atoms with van der Waals surface area (Å²) in [5, 5.41) is 1.90. The Bertz CT molecular complexity index is 647. The van der Waals surface area contributed by atoms with Gasteiger partial charge in [0.15, 0.2) is 0 Å². The van der Waals surface area contributed by atoms with Crippen LogP contribution < -0.4 is 4.90 Å². The fourth-order valence-electron chi connectivity index (χ4n) is 2.60. The third-order valence-corrected chi connectivity index (χ3v) is 4.60. The third-order valence-electron chi connectivity index (χ3n) is 3.74. The fraction of sp³-hybridized carbons (Fsp3) is 0.312. The van der Waals surface area contributed by atoms with Crippen molar-refractivity contribution in [1.29, 1.82) is 0 Å². The van der Waals surface area contributed by atoms with Crippen molar-refractivity contribution < 1.29 is 9.18 Å². The number of piperazine rings is 1. The zero-order valence-electron chi connectivity index (χ0n) is 11.9. The summed E-state index contributed by atoms with van der Waals surface area (Å²) in [7, 11) is 0. The second-order valence-electron chi connectivity index (χ2n) is 5.18. The fourth-order valence-corrected chi connectivity index (χ4v) is 3.27. The van der Waals surface area contributed by atoms with Gasteiger partial charge in [0.05, 0.1) is 11.3 Å². The summed E-state index contributed by atoms with van der Waals surface area (Å²) < 4.78 is 13.8. The summed E-state index contributed by atoms with van der Waals surface area (Å²) in [6, 6.07) is 8.72. The molecule has 0 spiro atoms. The zero-order chi connectivity index (χ0) is 14.8. The summed E-state index contributed by atoms with van der Waals surface area (Å²) in [6.45, 7) is 4.58. The Kier molecular flexibility index (Phi) is 3.92. The molecule has 3 rings (SSSR count). The molecule has 1 aliphatic heterocycles. The molecular weight excluding hydrogens is 287 g/mol. The molecule has 0 unspecified atom stereocenters. The van der Waals surface area contributed by atoms with Crippen LogP contribution >= 0.6 is 11.3 Å². The number of hydrogen-bond donors (Lipinski definition) is 0. The number of amides is 1. The van der Waals surface area contributed by atoms with E-state index in [-0.39, 0.29) is 11.7 Å². The summed E-state index contributed by atoms with van der Waals surface area (Å²) >= 11 is 1.59. The number of benzene rings is 1. The average molecular weight is 304 g/mol. The van der Waals surface area contributed by atoms with Gasteiger partial charge in [0.25, 0.3) is 5.91 Å². The molecule has 110 valence electrons. The van der Waals surface area contributed by atoms with Gasteiger partial charge in [-0.2, -0.15) is 0 Å². The molecule has 21 heavy (non-hydrogen) atoms. The highest BCUT2D eigenvalue weighted by Gasteiger charge is 2.23. The smallest absolute Gasteiger partial charge is 0.254 e. The van der Waals surface area contributed by atoms with Gasteiger partial charge in [-0.1, -0.05) is 12.1 Å². The topological polar surface area (TPSA) is 23.6 Å². The minimum absolute atomic E-state index is 0.0764. The van der Waals surface area contributed by atoms with E-state index in [1.807, 2.05) is 34.2 Å². The van der Waals surface area contributed by atoms with E-state index in [0.717, 1.165) is 10.4 Å². The molecule has 1 aliphatic rings. The normalized spacial score (nSPS) is 15.3. The van der Waals surface area contributed by atoms with Crippen LogP contribution in [0.2, 0.25) is 0 Å². The lowest BCUT2D eigenvalue weighted by Crippen LogP contribution is -2.49. The first-order chi connectivity index (χ1) is 10.1. The lowest BCUT2D eigenvalue weighted by molar-refractivity contribution is 0.0747. The predicted molar refractivity (Wildman–Crippen MR) is 83.6 cm³/mol. The SMILES string of the molecule is Cc1cc(C(=O)N2CCN(c3ccccc3F)CC2)cs1. The predicted octanol–water partition coefficient (Wildman–Crippen LogP) is 3.16. The molecule has 0 bridgehead atoms. The van der Waals surface area contributed by atoms with Crippen LogP contribution in [0.4, 0.5) is 10.1 Å². The van der Waals surface area contributed by atoms with Crippen LogP contribution in [0.5, 0.6) is 0 Å². The summed E-state index contributed by atoms with van der Waals surface area (Å²) in [4.78, 5) is 17.3. The quantitative estimate of drug-likeness (QED) is 0.851. The van der Waals surface area contributed by atoms with Crippen molar-refractivity contribution in [3.8, 4) is 0 Å². The number of carbonyl (C=O) groups is 1. The van der Waals surface area contributed by atoms with Crippen LogP contribution in [0.15, 0.2) is 35.7 Å². The number of thiophene rings is 1. The molecule has 0 atom stereocenters. The van der Waals surface area contributed by atoms with Crippen molar-refractivity contribution in [2.45, 2.75) is 6.92 Å². The van der Waals surface area contributed by atoms with E-state index in [2.05, 4.69) is 0 Å². The van der Waals surface area contributed by atoms with Gasteiger partial charge in [0.2, 0.25) is 0 Å². The van der Waals surface area contributed by atoms with Gasteiger partial charge in [-0.15, -0.1) is 11.3 Å². The van der Waals surface area contributed by atoms with E-state index in [9.17, 15) is 9.18 Å². The second-order valence-corrected chi connectivity index (χ2v) is 6.29. The van der Waals surface area contributed by atoms with Gasteiger partial charge in [0, 0.05) is 36.4 Å². The van der Waals surface area contributed by atoms with Crippen molar-refractivity contribution in [3.63, 3.8) is 0 Å². The molecular formula is C16H17FN2OS. The van der Waals surface area contributed by atoms with Crippen molar-refractivity contribution in [1.82, 2.24) is 4.90 Å². The first kappa shape index (κ1) is 14.1. The highest BCUT2D eigenvalue weighted by molar-refractivity contribution is 7.10. The van der Waals surface area contributed by atoms with Crippen molar-refractivity contribution in [3.05, 3.63) is 52.0 Å². The maximum absolute atomic E-state index is 13.8. The molecule has 1 aromatic carbocycles. The first-order valence-corrected chi connectivity index (χ1v) is 7.87. The summed E-state index contributed by atoms with van der Waals surface area (Å²) in [5.74, 6) is -0.127. The third kappa shape index (κ3) is 2.93. The van der Waals surface area contributed by atoms with Gasteiger partial charge in [-0.25, -0.2) is 4.39 Å². The first-order valence-electron chi connectivity index (χ1n) is 6.99. The summed E-state index contributed by atoms with van der Waals surface area (Å²) in [6.07, 6.45) is 0. The lowest BCUT2D eigenvalue weighted by Gasteiger charge is -2.36. The molecule has 1 saturated heterocycles. The van der Waals surface area contributed by atoms with E-state index in [0.29, 0.717) is 31.9 Å². The molecule has 5 heteroatoms. The van der Waals surface area contributed by atoms with Crippen LogP contribution in [0, 0.1) is 12.7 Å². The van der Waals surface area contributed by atoms with Gasteiger partial charge in [-0.3, -0.25) is 4.79 Å². The number of anilines is 1. The lowest BCUT2D eigenvalue weighted by atomic mass is 10.2. The number of para-hydroxylation sites is 1. The van der Waals surface area contributed by atoms with Gasteiger partial charge < -0.3 is 9.80 Å². The molecule has 0 aliphatic carbocycles. The molecule has 0 saturated carbocycles. The van der Waals surface area contributed by atoms with Crippen LogP contribution in [-0.2, 0) is 0 Å². The minimum atomic E-state index is -0.203. The minimum Gasteiger partial charge on any atom is -0.366 e. The Hall–Kier alpha value is -1.88. The average Bonchev–Trinajstić information content (AvgIpc) is 2.94. The van der Waals surface area contributed by atoms with Crippen LogP contribution in [0.3, 0.4) is 0 Å². The Morgan fingerprint density at radius 1 is 1.19 bits per heavy atom. The van der Waals surface area contributed by atoms with Crippen molar-refractivity contribution >= 4 is 22.9 Å². The molecule has 2 aromatic rings. The molecule has 1 amide bonds. The Morgan fingerprint density at radius 3 is 2.52 bits per heavy atom. The molecule has 0 radical (unpaired) electrons. The Morgan fingerprint density at radius 2 is 1.90 bits per heavy atom. The van der Waals surface area contributed by atoms with Crippen LogP contribution in [0.1, 0.15) is 15.2 Å². The van der Waals surface area contributed by atoms with E-state index in [4.69, 9.17) is 0 Å². The number of carbonyl (C=O) groups excluding carboxylic acids is 1. The number of nitrogens with zero attached hydrogens (tertiary/aromatic N) is 2. The molecule has 1 aromatic heterocycles. The maximum atomic E-state index is 13.8. The number of hydrogen-bond acceptors (Lipinski definition) is 3. The van der Waals surface area contributed by atoms with Crippen LogP contribution in [0.25, 0.3) is 0 Å². The maximum Gasteiger partial charge on any atom is 0.254 e. The summed E-state index contributed by atoms with van der Waals surface area (Å²) in [5.41, 5.74) is 1.38. The molecule has 0 N–H and O–H groups in total. The number of aryl methyl sites for hydroxylation is 1. The Balaban J connectivity index is 1.65. The molecule has 1 fully saturated rings. The monoisotopic (exact) mass is 304 g/mol. The highest BCUT2D eigenvalue weighted by atomic mass is 32.1. The van der Waals surface area contributed by atoms with Crippen molar-refractivity contribution in [2.24, 2.45) is 0 Å². The molecule has 3 nitrogen and oxygen atoms in total. The van der Waals surface area contributed by atoms with Crippen molar-refractivity contribution in [2.75, 3.05) is 31.1 Å². The highest BCUT2D eigenvalue weighted by Crippen LogP contribution is 2.21. The van der Waals surface area contributed by atoms with E-state index in [1.54, 1.807) is 23.5 Å². The standard InChI is InChI=1S/C16H17FN2OS/c1-12-10-13(11-21-12)16(20)19-8-6-18(7-9-19)15-5-3-2-4-14(15)17/h2-5,10-11H,6-9H2,1H3.